The van der Waals surface area contributed by atoms with Crippen molar-refractivity contribution in [2.45, 2.75) is 23.0 Å². The van der Waals surface area contributed by atoms with E-state index in [1.54, 1.807) is 0 Å². The second-order valence-electron chi connectivity index (χ2n) is 2.63. The van der Waals surface area contributed by atoms with Gasteiger partial charge in [-0.3, -0.25) is 0 Å². The van der Waals surface area contributed by atoms with Gasteiger partial charge in [-0.2, -0.15) is 17.6 Å². The van der Waals surface area contributed by atoms with Gasteiger partial charge in [0.2, 0.25) is 5.00 Å². The lowest BCUT2D eigenvalue weighted by Crippen LogP contribution is -2.59. The minimum absolute atomic E-state index is 0.0157. The Labute approximate surface area is 75.0 Å². The minimum atomic E-state index is -5.16. The van der Waals surface area contributed by atoms with E-state index >= 15 is 0 Å². The molecule has 1 aliphatic carbocycles. The van der Waals surface area contributed by atoms with Crippen molar-refractivity contribution in [3.63, 3.8) is 0 Å². The van der Waals surface area contributed by atoms with Crippen LogP contribution in [0.4, 0.5) is 26.3 Å². The van der Waals surface area contributed by atoms with E-state index in [1.165, 1.54) is 0 Å². The van der Waals surface area contributed by atoms with Crippen LogP contribution in [0.5, 0.6) is 0 Å². The Hall–Kier alpha value is -0.330. The number of thiol groups is 1. The molecule has 0 heterocycles. The van der Waals surface area contributed by atoms with Crippen LogP contribution in [0, 0.1) is 0 Å². The fourth-order valence-electron chi connectivity index (χ4n) is 0.844. The molecule has 0 aromatic rings. The minimum Gasteiger partial charge on any atom is -0.236 e. The molecule has 0 saturated heterocycles. The predicted molar refractivity (Wildman–Crippen MR) is 36.8 cm³/mol. The molecule has 0 nitrogen and oxygen atoms in total. The van der Waals surface area contributed by atoms with Crippen molar-refractivity contribution in [1.29, 1.82) is 0 Å². The molecule has 1 rings (SSSR count). The Morgan fingerprint density at radius 3 is 1.92 bits per heavy atom. The van der Waals surface area contributed by atoms with Crippen LogP contribution in [0.15, 0.2) is 12.2 Å². The van der Waals surface area contributed by atoms with Gasteiger partial charge in [-0.1, -0.05) is 0 Å². The summed E-state index contributed by atoms with van der Waals surface area (Å²) in [6.45, 7) is 0. The average molecular weight is 222 g/mol. The van der Waals surface area contributed by atoms with Gasteiger partial charge in [-0.05, 0) is 12.2 Å². The molecule has 0 saturated carbocycles. The Kier molecular flexibility index (Phi) is 2.14. The van der Waals surface area contributed by atoms with Gasteiger partial charge in [-0.25, -0.2) is 8.78 Å². The molecule has 13 heavy (non-hydrogen) atoms. The summed E-state index contributed by atoms with van der Waals surface area (Å²) in [4.78, 5) is 0. The first-order valence-corrected chi connectivity index (χ1v) is 3.58. The van der Waals surface area contributed by atoms with E-state index in [9.17, 15) is 26.3 Å². The third-order valence-corrected chi connectivity index (χ3v) is 2.12. The highest BCUT2D eigenvalue weighted by Crippen LogP contribution is 2.52. The topological polar surface area (TPSA) is 0 Å². The zero-order valence-electron chi connectivity index (χ0n) is 5.95. The van der Waals surface area contributed by atoms with Gasteiger partial charge in [0.05, 0.1) is 0 Å². The summed E-state index contributed by atoms with van der Waals surface area (Å²) >= 11 is 2.70. The highest BCUT2D eigenvalue weighted by Gasteiger charge is 2.73. The van der Waals surface area contributed by atoms with E-state index in [0.29, 0.717) is 0 Å². The zero-order valence-corrected chi connectivity index (χ0v) is 6.84. The van der Waals surface area contributed by atoms with Gasteiger partial charge in [0, 0.05) is 0 Å². The second-order valence-corrected chi connectivity index (χ2v) is 3.28. The lowest BCUT2D eigenvalue weighted by molar-refractivity contribution is -0.261. The van der Waals surface area contributed by atoms with E-state index in [0.717, 1.165) is 0 Å². The fraction of sp³-hybridized carbons (Fsp3) is 0.667. The van der Waals surface area contributed by atoms with Crippen molar-refractivity contribution in [2.75, 3.05) is 0 Å². The Balaban J connectivity index is 3.22. The smallest absolute Gasteiger partial charge is 0.236 e. The number of allylic oxidation sites excluding steroid dienone is 1. The molecular formula is C6H4F6S. The summed E-state index contributed by atoms with van der Waals surface area (Å²) in [5.41, 5.74) is 0. The number of halogens is 6. The van der Waals surface area contributed by atoms with Crippen LogP contribution in [0.2, 0.25) is 0 Å². The van der Waals surface area contributed by atoms with E-state index in [-0.39, 0.29) is 12.2 Å². The normalized spacial score (nSPS) is 41.9. The Morgan fingerprint density at radius 2 is 1.54 bits per heavy atom. The summed E-state index contributed by atoms with van der Waals surface area (Å²) in [5, 5.41) is -3.82. The van der Waals surface area contributed by atoms with Crippen molar-refractivity contribution in [2.24, 2.45) is 0 Å². The van der Waals surface area contributed by atoms with Crippen LogP contribution in [0.25, 0.3) is 0 Å². The van der Waals surface area contributed by atoms with Crippen LogP contribution in [-0.4, -0.2) is 23.0 Å². The molecule has 7 heteroatoms. The summed E-state index contributed by atoms with van der Waals surface area (Å²) in [6.07, 6.45) is -3.18. The van der Waals surface area contributed by atoms with Gasteiger partial charge < -0.3 is 0 Å². The summed E-state index contributed by atoms with van der Waals surface area (Å²) in [5.74, 6) is -10.2. The van der Waals surface area contributed by atoms with Gasteiger partial charge in [0.1, 0.15) is 0 Å². The Bertz CT molecular complexity index is 246. The lowest BCUT2D eigenvalue weighted by atomic mass is 9.95. The van der Waals surface area contributed by atoms with Crippen molar-refractivity contribution in [3.8, 4) is 0 Å². The van der Waals surface area contributed by atoms with E-state index < -0.39 is 23.0 Å². The molecule has 0 aromatic carbocycles. The second kappa shape index (κ2) is 2.59. The number of hydrogen-bond acceptors (Lipinski definition) is 1. The predicted octanol–water partition coefficient (Wildman–Crippen LogP) is 2.76. The maximum absolute atomic E-state index is 12.7. The summed E-state index contributed by atoms with van der Waals surface area (Å²) in [7, 11) is 0. The number of alkyl halides is 6. The van der Waals surface area contributed by atoms with Crippen molar-refractivity contribution < 1.29 is 26.3 Å². The third-order valence-electron chi connectivity index (χ3n) is 1.69. The first-order chi connectivity index (χ1) is 5.63. The average Bonchev–Trinajstić information content (AvgIpc) is 1.97. The molecule has 0 fully saturated rings. The molecule has 0 spiro atoms. The van der Waals surface area contributed by atoms with Gasteiger partial charge >= 0.3 is 11.8 Å². The van der Waals surface area contributed by atoms with Crippen LogP contribution in [0.1, 0.15) is 0 Å². The van der Waals surface area contributed by atoms with Gasteiger partial charge in [0.15, 0.2) is 6.17 Å². The molecule has 76 valence electrons. The molecular weight excluding hydrogens is 218 g/mol. The zero-order chi connectivity index (χ0) is 10.5. The highest BCUT2D eigenvalue weighted by atomic mass is 32.1. The molecule has 0 N–H and O–H groups in total. The quantitative estimate of drug-likeness (QED) is 0.363. The molecule has 1 aliphatic rings. The molecule has 0 aliphatic heterocycles. The van der Waals surface area contributed by atoms with Gasteiger partial charge in [-0.15, -0.1) is 12.6 Å². The van der Waals surface area contributed by atoms with Crippen LogP contribution < -0.4 is 0 Å². The highest BCUT2D eigenvalue weighted by molar-refractivity contribution is 7.81. The number of hydrogen-bond donors (Lipinski definition) is 1. The van der Waals surface area contributed by atoms with Crippen LogP contribution in [0.3, 0.4) is 0 Å². The summed E-state index contributed by atoms with van der Waals surface area (Å²) < 4.78 is 74.8. The maximum Gasteiger partial charge on any atom is 0.359 e. The molecule has 0 bridgehead atoms. The van der Waals surface area contributed by atoms with Gasteiger partial charge in [0.25, 0.3) is 0 Å². The van der Waals surface area contributed by atoms with Crippen molar-refractivity contribution in [1.82, 2.24) is 0 Å². The van der Waals surface area contributed by atoms with Crippen LogP contribution >= 0.6 is 12.6 Å². The fourth-order valence-corrected chi connectivity index (χ4v) is 1.08. The van der Waals surface area contributed by atoms with E-state index in [2.05, 4.69) is 12.6 Å². The molecule has 2 unspecified atom stereocenters. The summed E-state index contributed by atoms with van der Waals surface area (Å²) in [6, 6.07) is 0. The molecule has 0 aromatic heterocycles. The Morgan fingerprint density at radius 1 is 1.08 bits per heavy atom. The largest absolute Gasteiger partial charge is 0.359 e. The monoisotopic (exact) mass is 222 g/mol. The van der Waals surface area contributed by atoms with E-state index in [1.807, 2.05) is 0 Å². The van der Waals surface area contributed by atoms with Crippen molar-refractivity contribution in [3.05, 3.63) is 12.2 Å². The molecule has 2 atom stereocenters. The first-order valence-electron chi connectivity index (χ1n) is 3.13. The third kappa shape index (κ3) is 1.24. The maximum atomic E-state index is 12.7. The first kappa shape index (κ1) is 10.7. The standard InChI is InChI=1S/C6H4F6S/c7-3-1-2-4(8,13)6(11,12)5(3,9)10/h1-3,13H. The van der Waals surface area contributed by atoms with Crippen molar-refractivity contribution >= 4 is 12.6 Å². The SMILES string of the molecule is FC1C=CC(F)(S)C(F)(F)C1(F)F. The molecule has 0 amide bonds. The molecule has 0 radical (unpaired) electrons. The number of rotatable bonds is 0. The van der Waals surface area contributed by atoms with Crippen LogP contribution in [-0.2, 0) is 0 Å². The van der Waals surface area contributed by atoms with E-state index in [4.69, 9.17) is 0 Å². The lowest BCUT2D eigenvalue weighted by Gasteiger charge is -2.37.